The second kappa shape index (κ2) is 6.09. The van der Waals surface area contributed by atoms with Crippen LogP contribution in [0.5, 0.6) is 0 Å². The van der Waals surface area contributed by atoms with Crippen LogP contribution in [0.4, 0.5) is 0 Å². The van der Waals surface area contributed by atoms with Crippen LogP contribution < -0.4 is 0 Å². The summed E-state index contributed by atoms with van der Waals surface area (Å²) < 4.78 is 6.27. The average molecular weight is 314 g/mol. The summed E-state index contributed by atoms with van der Waals surface area (Å²) in [5, 5.41) is 0. The van der Waals surface area contributed by atoms with E-state index in [9.17, 15) is 0 Å². The summed E-state index contributed by atoms with van der Waals surface area (Å²) in [4.78, 5) is 7.19. The Morgan fingerprint density at radius 1 is 1.14 bits per heavy atom. The lowest BCUT2D eigenvalue weighted by atomic mass is 9.81. The number of oxazole rings is 1. The molecule has 1 saturated heterocycles. The van der Waals surface area contributed by atoms with Gasteiger partial charge < -0.3 is 4.42 Å². The van der Waals surface area contributed by atoms with Crippen molar-refractivity contribution in [2.75, 3.05) is 18.8 Å². The molecule has 4 heteroatoms. The second-order valence-electron chi connectivity index (χ2n) is 6.42. The molecule has 1 aromatic heterocycles. The van der Waals surface area contributed by atoms with Crippen LogP contribution >= 0.6 is 11.8 Å². The van der Waals surface area contributed by atoms with E-state index < -0.39 is 0 Å². The van der Waals surface area contributed by atoms with Gasteiger partial charge in [0.05, 0.1) is 5.69 Å². The van der Waals surface area contributed by atoms with Crippen molar-refractivity contribution < 1.29 is 4.42 Å². The number of thioether (sulfide) groups is 1. The summed E-state index contributed by atoms with van der Waals surface area (Å²) in [6.07, 6.45) is 7.43. The van der Waals surface area contributed by atoms with Gasteiger partial charge in [0.15, 0.2) is 0 Å². The van der Waals surface area contributed by atoms with Crippen molar-refractivity contribution in [2.45, 2.75) is 37.0 Å². The minimum Gasteiger partial charge on any atom is -0.444 e. The highest BCUT2D eigenvalue weighted by Gasteiger charge is 2.38. The molecule has 1 aromatic carbocycles. The predicted octanol–water partition coefficient (Wildman–Crippen LogP) is 4.20. The largest absolute Gasteiger partial charge is 0.444 e. The van der Waals surface area contributed by atoms with Crippen molar-refractivity contribution in [3.8, 4) is 11.5 Å². The van der Waals surface area contributed by atoms with Crippen molar-refractivity contribution >= 4 is 11.8 Å². The molecule has 1 saturated carbocycles. The van der Waals surface area contributed by atoms with Crippen LogP contribution in [-0.2, 0) is 6.54 Å². The number of hydrogen-bond acceptors (Lipinski definition) is 4. The van der Waals surface area contributed by atoms with E-state index in [0.29, 0.717) is 4.75 Å². The lowest BCUT2D eigenvalue weighted by molar-refractivity contribution is 0.244. The first-order chi connectivity index (χ1) is 10.8. The van der Waals surface area contributed by atoms with E-state index in [1.54, 1.807) is 0 Å². The maximum Gasteiger partial charge on any atom is 0.226 e. The number of hydrogen-bond donors (Lipinski definition) is 0. The van der Waals surface area contributed by atoms with E-state index >= 15 is 0 Å². The van der Waals surface area contributed by atoms with E-state index in [0.717, 1.165) is 23.7 Å². The third kappa shape index (κ3) is 2.95. The van der Waals surface area contributed by atoms with Crippen LogP contribution in [0.3, 0.4) is 0 Å². The van der Waals surface area contributed by atoms with Crippen LogP contribution in [0.2, 0.25) is 0 Å². The molecule has 0 atom stereocenters. The molecule has 2 aliphatic rings. The van der Waals surface area contributed by atoms with Crippen LogP contribution in [0.1, 0.15) is 31.4 Å². The first kappa shape index (κ1) is 14.3. The highest BCUT2D eigenvalue weighted by molar-refractivity contribution is 8.00. The molecular weight excluding hydrogens is 292 g/mol. The highest BCUT2D eigenvalue weighted by atomic mass is 32.2. The van der Waals surface area contributed by atoms with Crippen molar-refractivity contribution in [3.63, 3.8) is 0 Å². The summed E-state index contributed by atoms with van der Waals surface area (Å²) in [5.41, 5.74) is 2.10. The minimum absolute atomic E-state index is 0.619. The molecule has 0 unspecified atom stereocenters. The Hall–Kier alpha value is -1.26. The highest BCUT2D eigenvalue weighted by Crippen LogP contribution is 2.47. The van der Waals surface area contributed by atoms with Crippen LogP contribution in [0.25, 0.3) is 11.5 Å². The molecule has 2 aromatic rings. The average Bonchev–Trinajstić information content (AvgIpc) is 2.86. The molecule has 3 nitrogen and oxygen atoms in total. The Morgan fingerprint density at radius 2 is 2.00 bits per heavy atom. The number of nitrogens with zero attached hydrogens (tertiary/aromatic N) is 2. The van der Waals surface area contributed by atoms with Crippen LogP contribution in [-0.4, -0.2) is 33.5 Å². The summed E-state index contributed by atoms with van der Waals surface area (Å²) in [7, 11) is 0. The molecule has 1 aliphatic heterocycles. The van der Waals surface area contributed by atoms with Gasteiger partial charge in [-0.05, 0) is 37.9 Å². The van der Waals surface area contributed by atoms with Crippen molar-refractivity contribution in [2.24, 2.45) is 0 Å². The normalized spacial score (nSPS) is 21.5. The third-order valence-electron chi connectivity index (χ3n) is 4.92. The van der Waals surface area contributed by atoms with Crippen LogP contribution in [0.15, 0.2) is 41.0 Å². The van der Waals surface area contributed by atoms with Gasteiger partial charge in [-0.1, -0.05) is 24.6 Å². The minimum atomic E-state index is 0.619. The molecule has 0 amide bonds. The predicted molar refractivity (Wildman–Crippen MR) is 90.9 cm³/mol. The summed E-state index contributed by atoms with van der Waals surface area (Å²) >= 11 is 2.20. The number of rotatable bonds is 3. The molecular formula is C18H22N2OS. The zero-order valence-corrected chi connectivity index (χ0v) is 13.6. The summed E-state index contributed by atoms with van der Waals surface area (Å²) in [6.45, 7) is 3.27. The van der Waals surface area contributed by atoms with E-state index in [-0.39, 0.29) is 0 Å². The maximum absolute atomic E-state index is 5.65. The smallest absolute Gasteiger partial charge is 0.226 e. The molecule has 0 N–H and O–H groups in total. The standard InChI is InChI=1S/C18H22N2OS/c1-2-5-15(6-3-1)17-19-16(14-21-17)13-20-10-9-18(7-4-8-18)22-12-11-20/h1-3,5-6,14H,4,7-13H2. The van der Waals surface area contributed by atoms with Gasteiger partial charge >= 0.3 is 0 Å². The van der Waals surface area contributed by atoms with Gasteiger partial charge in [-0.2, -0.15) is 11.8 Å². The van der Waals surface area contributed by atoms with Gasteiger partial charge in [0, 0.05) is 29.2 Å². The molecule has 1 aliphatic carbocycles. The summed E-state index contributed by atoms with van der Waals surface area (Å²) in [6, 6.07) is 10.1. The molecule has 1 spiro atoms. The first-order valence-electron chi connectivity index (χ1n) is 8.19. The van der Waals surface area contributed by atoms with Crippen molar-refractivity contribution in [1.82, 2.24) is 9.88 Å². The topological polar surface area (TPSA) is 29.3 Å². The van der Waals surface area contributed by atoms with Crippen molar-refractivity contribution in [3.05, 3.63) is 42.3 Å². The SMILES string of the molecule is c1ccc(-c2nc(CN3CCSC4(CCC4)CC3)co2)cc1. The fourth-order valence-corrected chi connectivity index (χ4v) is 4.98. The molecule has 2 fully saturated rings. The van der Waals surface area contributed by atoms with Gasteiger partial charge in [-0.15, -0.1) is 0 Å². The zero-order chi connectivity index (χ0) is 14.8. The fraction of sp³-hybridized carbons (Fsp3) is 0.500. The van der Waals surface area contributed by atoms with Gasteiger partial charge in [0.1, 0.15) is 6.26 Å². The van der Waals surface area contributed by atoms with E-state index in [2.05, 4.69) is 21.6 Å². The molecule has 0 radical (unpaired) electrons. The van der Waals surface area contributed by atoms with Gasteiger partial charge in [-0.25, -0.2) is 4.98 Å². The third-order valence-corrected chi connectivity index (χ3v) is 6.53. The van der Waals surface area contributed by atoms with Crippen molar-refractivity contribution in [1.29, 1.82) is 0 Å². The van der Waals surface area contributed by atoms with Gasteiger partial charge in [0.25, 0.3) is 0 Å². The maximum atomic E-state index is 5.65. The zero-order valence-electron chi connectivity index (χ0n) is 12.8. The Morgan fingerprint density at radius 3 is 2.77 bits per heavy atom. The molecule has 0 bridgehead atoms. The molecule has 22 heavy (non-hydrogen) atoms. The molecule has 116 valence electrons. The second-order valence-corrected chi connectivity index (χ2v) is 7.98. The van der Waals surface area contributed by atoms with Gasteiger partial charge in [0.2, 0.25) is 5.89 Å². The molecule has 2 heterocycles. The Balaban J connectivity index is 1.40. The van der Waals surface area contributed by atoms with Crippen LogP contribution in [0, 0.1) is 0 Å². The van der Waals surface area contributed by atoms with E-state index in [1.165, 1.54) is 44.5 Å². The lowest BCUT2D eigenvalue weighted by Crippen LogP contribution is -2.35. The monoisotopic (exact) mass is 314 g/mol. The van der Waals surface area contributed by atoms with E-state index in [1.807, 2.05) is 36.6 Å². The summed E-state index contributed by atoms with van der Waals surface area (Å²) in [5.74, 6) is 1.99. The van der Waals surface area contributed by atoms with E-state index in [4.69, 9.17) is 4.42 Å². The Bertz CT molecular complexity index is 621. The lowest BCUT2D eigenvalue weighted by Gasteiger charge is -2.40. The molecule has 4 rings (SSSR count). The Kier molecular flexibility index (Phi) is 3.97. The number of aromatic nitrogens is 1. The quantitative estimate of drug-likeness (QED) is 0.849. The number of benzene rings is 1. The fourth-order valence-electron chi connectivity index (χ4n) is 3.38. The van der Waals surface area contributed by atoms with Gasteiger partial charge in [-0.3, -0.25) is 4.90 Å². The first-order valence-corrected chi connectivity index (χ1v) is 9.18. The Labute approximate surface area is 136 Å².